The smallest absolute Gasteiger partial charge is 0.353 e. The number of halogens is 4. The van der Waals surface area contributed by atoms with Gasteiger partial charge in [-0.1, -0.05) is 0 Å². The molecule has 0 unspecified atom stereocenters. The van der Waals surface area contributed by atoms with Gasteiger partial charge in [0.15, 0.2) is 5.65 Å². The number of carbonyl (C=O) groups is 2. The molecule has 186 valence electrons. The molecule has 0 radical (unpaired) electrons. The van der Waals surface area contributed by atoms with Crippen molar-refractivity contribution in [1.29, 1.82) is 0 Å². The van der Waals surface area contributed by atoms with Crippen LogP contribution in [0.2, 0.25) is 0 Å². The number of benzene rings is 1. The van der Waals surface area contributed by atoms with Gasteiger partial charge in [0, 0.05) is 44.3 Å². The maximum absolute atomic E-state index is 13.5. The Bertz CT molecular complexity index is 1300. The Morgan fingerprint density at radius 3 is 2.40 bits per heavy atom. The van der Waals surface area contributed by atoms with E-state index in [0.29, 0.717) is 47.8 Å². The Labute approximate surface area is 197 Å². The summed E-state index contributed by atoms with van der Waals surface area (Å²) in [6, 6.07) is 2.55. The van der Waals surface area contributed by atoms with E-state index in [2.05, 4.69) is 25.6 Å². The maximum atomic E-state index is 13.5. The average Bonchev–Trinajstić information content (AvgIpc) is 3.06. The number of hydrogen-bond donors (Lipinski definition) is 2. The highest BCUT2D eigenvalue weighted by Gasteiger charge is 2.34. The minimum Gasteiger partial charge on any atom is -0.353 e. The van der Waals surface area contributed by atoms with Crippen LogP contribution in [0.4, 0.5) is 33.9 Å². The van der Waals surface area contributed by atoms with Crippen LogP contribution in [0, 0.1) is 12.7 Å². The molecule has 1 aliphatic heterocycles. The molecule has 0 saturated carbocycles. The summed E-state index contributed by atoms with van der Waals surface area (Å²) in [5.41, 5.74) is -0.503. The first-order valence-corrected chi connectivity index (χ1v) is 10.7. The molecule has 1 aliphatic rings. The Morgan fingerprint density at radius 1 is 1.06 bits per heavy atom. The molecular weight excluding hydrogens is 470 g/mol. The fourth-order valence-corrected chi connectivity index (χ4v) is 3.91. The minimum atomic E-state index is -4.94. The van der Waals surface area contributed by atoms with Crippen LogP contribution in [0.5, 0.6) is 0 Å². The molecule has 1 fully saturated rings. The van der Waals surface area contributed by atoms with Gasteiger partial charge in [0.25, 0.3) is 5.91 Å². The number of pyridine rings is 1. The zero-order valence-corrected chi connectivity index (χ0v) is 19.2. The zero-order chi connectivity index (χ0) is 25.5. The third kappa shape index (κ3) is 5.04. The van der Waals surface area contributed by atoms with E-state index < -0.39 is 29.5 Å². The van der Waals surface area contributed by atoms with Gasteiger partial charge in [0.05, 0.1) is 16.8 Å². The zero-order valence-electron chi connectivity index (χ0n) is 19.2. The van der Waals surface area contributed by atoms with Gasteiger partial charge in [-0.2, -0.15) is 18.3 Å². The lowest BCUT2D eigenvalue weighted by molar-refractivity contribution is -0.139. The molecule has 13 heteroatoms. The van der Waals surface area contributed by atoms with Gasteiger partial charge in [0.1, 0.15) is 11.6 Å². The number of rotatable bonds is 3. The quantitative estimate of drug-likeness (QED) is 0.545. The van der Waals surface area contributed by atoms with Crippen molar-refractivity contribution in [2.45, 2.75) is 13.1 Å². The van der Waals surface area contributed by atoms with Crippen molar-refractivity contribution in [3.05, 3.63) is 46.9 Å². The molecule has 35 heavy (non-hydrogen) atoms. The first kappa shape index (κ1) is 24.4. The van der Waals surface area contributed by atoms with Gasteiger partial charge in [-0.3, -0.25) is 14.8 Å². The number of aromatic nitrogens is 3. The largest absolute Gasteiger partial charge is 0.419 e. The number of nitrogens with one attached hydrogen (secondary N) is 2. The Morgan fingerprint density at radius 2 is 1.74 bits per heavy atom. The number of anilines is 2. The molecule has 3 amide bonds. The number of carbonyl (C=O) groups excluding carboxylic acids is 2. The Kier molecular flexibility index (Phi) is 6.36. The maximum Gasteiger partial charge on any atom is 0.419 e. The number of amides is 3. The Balaban J connectivity index is 1.61. The van der Waals surface area contributed by atoms with Gasteiger partial charge >= 0.3 is 12.2 Å². The summed E-state index contributed by atoms with van der Waals surface area (Å²) in [6.45, 7) is 4.47. The Hall–Kier alpha value is -3.74. The van der Waals surface area contributed by atoms with Gasteiger partial charge < -0.3 is 15.1 Å². The van der Waals surface area contributed by atoms with Crippen LogP contribution in [0.25, 0.3) is 11.0 Å². The van der Waals surface area contributed by atoms with Crippen molar-refractivity contribution in [3.8, 4) is 0 Å². The second-order valence-corrected chi connectivity index (χ2v) is 8.33. The summed E-state index contributed by atoms with van der Waals surface area (Å²) < 4.78 is 54.0. The van der Waals surface area contributed by atoms with E-state index >= 15 is 0 Å². The number of imide groups is 1. The van der Waals surface area contributed by atoms with E-state index in [1.807, 2.05) is 11.9 Å². The molecule has 0 bridgehead atoms. The molecule has 2 aromatic heterocycles. The molecule has 0 aliphatic carbocycles. The molecule has 0 spiro atoms. The van der Waals surface area contributed by atoms with Crippen LogP contribution >= 0.6 is 0 Å². The SMILES string of the molecule is Cc1nn(C)c2nc(N3CCN(C)CC3)c(C(=O)NC(=O)Nc3ccc(F)c(C(F)(F)F)c3)cc12. The van der Waals surface area contributed by atoms with Crippen LogP contribution in [0.1, 0.15) is 21.6 Å². The van der Waals surface area contributed by atoms with Crippen LogP contribution in [-0.2, 0) is 13.2 Å². The summed E-state index contributed by atoms with van der Waals surface area (Å²) in [4.78, 5) is 34.3. The summed E-state index contributed by atoms with van der Waals surface area (Å²) in [5, 5.41) is 9.24. The molecule has 2 N–H and O–H groups in total. The normalized spacial score (nSPS) is 14.9. The van der Waals surface area contributed by atoms with Gasteiger partial charge in [-0.05, 0) is 38.2 Å². The predicted molar refractivity (Wildman–Crippen MR) is 121 cm³/mol. The number of urea groups is 1. The lowest BCUT2D eigenvalue weighted by atomic mass is 10.1. The van der Waals surface area contributed by atoms with E-state index in [-0.39, 0.29) is 11.3 Å². The van der Waals surface area contributed by atoms with E-state index in [9.17, 15) is 27.2 Å². The molecular formula is C22H23F4N7O2. The molecule has 4 rings (SSSR count). The molecule has 1 aromatic carbocycles. The number of fused-ring (bicyclic) bond motifs is 1. The lowest BCUT2D eigenvalue weighted by Gasteiger charge is -2.34. The third-order valence-electron chi connectivity index (χ3n) is 5.78. The first-order chi connectivity index (χ1) is 16.4. The summed E-state index contributed by atoms with van der Waals surface area (Å²) in [7, 11) is 3.72. The third-order valence-corrected chi connectivity index (χ3v) is 5.78. The molecule has 3 aromatic rings. The number of piperazine rings is 1. The van der Waals surface area contributed by atoms with Crippen molar-refractivity contribution < 1.29 is 27.2 Å². The van der Waals surface area contributed by atoms with Crippen molar-refractivity contribution in [3.63, 3.8) is 0 Å². The molecule has 1 saturated heterocycles. The van der Waals surface area contributed by atoms with Crippen molar-refractivity contribution >= 4 is 34.5 Å². The number of nitrogens with zero attached hydrogens (tertiary/aromatic N) is 5. The highest BCUT2D eigenvalue weighted by Crippen LogP contribution is 2.33. The number of aryl methyl sites for hydroxylation is 2. The highest BCUT2D eigenvalue weighted by atomic mass is 19.4. The van der Waals surface area contributed by atoms with E-state index in [1.54, 1.807) is 24.7 Å². The average molecular weight is 493 g/mol. The molecule has 9 nitrogen and oxygen atoms in total. The number of alkyl halides is 3. The van der Waals surface area contributed by atoms with Gasteiger partial charge in [-0.25, -0.2) is 14.2 Å². The minimum absolute atomic E-state index is 0.128. The summed E-state index contributed by atoms with van der Waals surface area (Å²) in [5.74, 6) is -1.88. The second kappa shape index (κ2) is 9.13. The van der Waals surface area contributed by atoms with Crippen molar-refractivity contribution in [1.82, 2.24) is 25.0 Å². The van der Waals surface area contributed by atoms with Gasteiger partial charge in [0.2, 0.25) is 0 Å². The highest BCUT2D eigenvalue weighted by molar-refractivity contribution is 6.11. The standard InChI is InChI=1S/C22H23F4N7O2/c1-12-14-11-15(19(28-18(14)32(3)30-12)33-8-6-31(2)7-9-33)20(34)29-21(35)27-13-4-5-17(23)16(10-13)22(24,25)26/h4-5,10-11H,6-9H2,1-3H3,(H2,27,29,34,35). The van der Waals surface area contributed by atoms with E-state index in [4.69, 9.17) is 0 Å². The van der Waals surface area contributed by atoms with E-state index in [0.717, 1.165) is 19.2 Å². The lowest BCUT2D eigenvalue weighted by Crippen LogP contribution is -2.46. The predicted octanol–water partition coefficient (Wildman–Crippen LogP) is 3.15. The first-order valence-electron chi connectivity index (χ1n) is 10.7. The number of likely N-dealkylation sites (N-methyl/N-ethyl adjacent to an activating group) is 1. The van der Waals surface area contributed by atoms with Crippen LogP contribution in [0.15, 0.2) is 24.3 Å². The van der Waals surface area contributed by atoms with Crippen molar-refractivity contribution in [2.75, 3.05) is 43.4 Å². The summed E-state index contributed by atoms with van der Waals surface area (Å²) in [6.07, 6.45) is -4.94. The van der Waals surface area contributed by atoms with Gasteiger partial charge in [-0.15, -0.1) is 0 Å². The van der Waals surface area contributed by atoms with Crippen LogP contribution < -0.4 is 15.5 Å². The fraction of sp³-hybridized carbons (Fsp3) is 0.364. The molecule has 0 atom stereocenters. The van der Waals surface area contributed by atoms with Crippen molar-refractivity contribution in [2.24, 2.45) is 7.05 Å². The van der Waals surface area contributed by atoms with E-state index in [1.165, 1.54) is 0 Å². The second-order valence-electron chi connectivity index (χ2n) is 8.33. The topological polar surface area (TPSA) is 95.4 Å². The van der Waals surface area contributed by atoms with Crippen LogP contribution in [-0.4, -0.2) is 64.8 Å². The number of hydrogen-bond acceptors (Lipinski definition) is 6. The fourth-order valence-electron chi connectivity index (χ4n) is 3.91. The monoisotopic (exact) mass is 493 g/mol. The molecule has 3 heterocycles. The van der Waals surface area contributed by atoms with Crippen LogP contribution in [0.3, 0.4) is 0 Å². The summed E-state index contributed by atoms with van der Waals surface area (Å²) >= 11 is 0.